The topological polar surface area (TPSA) is 79.4 Å². The SMILES string of the molecule is Cc1nc(C(C)C)sc1C(=O)N1CCN[C@H]2CS(=O)(=O)C[C@H]21. The van der Waals surface area contributed by atoms with Crippen molar-refractivity contribution in [3.63, 3.8) is 0 Å². The van der Waals surface area contributed by atoms with Crippen LogP contribution in [0.15, 0.2) is 0 Å². The molecule has 0 radical (unpaired) electrons. The third kappa shape index (κ3) is 2.79. The molecule has 0 bridgehead atoms. The first kappa shape index (κ1) is 15.9. The lowest BCUT2D eigenvalue weighted by atomic mass is 10.1. The molecule has 2 fully saturated rings. The highest BCUT2D eigenvalue weighted by molar-refractivity contribution is 7.91. The van der Waals surface area contributed by atoms with E-state index in [9.17, 15) is 13.2 Å². The molecule has 1 aromatic heterocycles. The zero-order valence-corrected chi connectivity index (χ0v) is 14.6. The lowest BCUT2D eigenvalue weighted by Crippen LogP contribution is -2.59. The zero-order chi connectivity index (χ0) is 16.1. The van der Waals surface area contributed by atoms with Crippen molar-refractivity contribution >= 4 is 27.1 Å². The number of amides is 1. The van der Waals surface area contributed by atoms with Crippen LogP contribution in [0.1, 0.15) is 40.1 Å². The summed E-state index contributed by atoms with van der Waals surface area (Å²) in [7, 11) is -3.06. The van der Waals surface area contributed by atoms with E-state index < -0.39 is 9.84 Å². The highest BCUT2D eigenvalue weighted by atomic mass is 32.2. The van der Waals surface area contributed by atoms with Crippen LogP contribution in [0.25, 0.3) is 0 Å². The van der Waals surface area contributed by atoms with Crippen LogP contribution in [0.3, 0.4) is 0 Å². The molecular weight excluding hydrogens is 322 g/mol. The van der Waals surface area contributed by atoms with E-state index in [1.165, 1.54) is 11.3 Å². The number of fused-ring (bicyclic) bond motifs is 1. The Labute approximate surface area is 134 Å². The van der Waals surface area contributed by atoms with Crippen molar-refractivity contribution in [1.82, 2.24) is 15.2 Å². The van der Waals surface area contributed by atoms with Crippen LogP contribution in [-0.4, -0.2) is 60.9 Å². The van der Waals surface area contributed by atoms with Gasteiger partial charge in [0.2, 0.25) is 0 Å². The molecule has 0 aromatic carbocycles. The Kier molecular flexibility index (Phi) is 4.03. The van der Waals surface area contributed by atoms with Gasteiger partial charge in [0.1, 0.15) is 4.88 Å². The van der Waals surface area contributed by atoms with Crippen molar-refractivity contribution in [3.05, 3.63) is 15.6 Å². The van der Waals surface area contributed by atoms with Gasteiger partial charge in [0.05, 0.1) is 28.2 Å². The van der Waals surface area contributed by atoms with Crippen molar-refractivity contribution in [2.45, 2.75) is 38.8 Å². The molecule has 1 amide bonds. The van der Waals surface area contributed by atoms with Gasteiger partial charge < -0.3 is 10.2 Å². The number of piperazine rings is 1. The van der Waals surface area contributed by atoms with Crippen molar-refractivity contribution in [2.24, 2.45) is 0 Å². The first-order valence-electron chi connectivity index (χ1n) is 7.50. The molecule has 122 valence electrons. The molecule has 22 heavy (non-hydrogen) atoms. The lowest BCUT2D eigenvalue weighted by Gasteiger charge is -2.37. The summed E-state index contributed by atoms with van der Waals surface area (Å²) in [6.45, 7) is 7.13. The predicted octanol–water partition coefficient (Wildman–Crippen LogP) is 0.786. The van der Waals surface area contributed by atoms with Crippen LogP contribution in [0.4, 0.5) is 0 Å². The number of nitrogens with zero attached hydrogens (tertiary/aromatic N) is 2. The Morgan fingerprint density at radius 1 is 1.41 bits per heavy atom. The highest BCUT2D eigenvalue weighted by Gasteiger charge is 2.45. The second-order valence-electron chi connectivity index (χ2n) is 6.32. The summed E-state index contributed by atoms with van der Waals surface area (Å²) in [5, 5.41) is 4.18. The second-order valence-corrected chi connectivity index (χ2v) is 9.51. The van der Waals surface area contributed by atoms with E-state index in [1.54, 1.807) is 4.90 Å². The van der Waals surface area contributed by atoms with Gasteiger partial charge >= 0.3 is 0 Å². The molecule has 2 aliphatic rings. The van der Waals surface area contributed by atoms with Crippen molar-refractivity contribution in [3.8, 4) is 0 Å². The lowest BCUT2D eigenvalue weighted by molar-refractivity contribution is 0.0625. The minimum Gasteiger partial charge on any atom is -0.331 e. The number of nitrogens with one attached hydrogen (secondary N) is 1. The highest BCUT2D eigenvalue weighted by Crippen LogP contribution is 2.28. The molecule has 0 saturated carbocycles. The van der Waals surface area contributed by atoms with Crippen LogP contribution in [0.5, 0.6) is 0 Å². The summed E-state index contributed by atoms with van der Waals surface area (Å²) in [5.74, 6) is 0.398. The number of rotatable bonds is 2. The summed E-state index contributed by atoms with van der Waals surface area (Å²) < 4.78 is 23.7. The van der Waals surface area contributed by atoms with Crippen LogP contribution >= 0.6 is 11.3 Å². The van der Waals surface area contributed by atoms with E-state index in [-0.39, 0.29) is 35.4 Å². The number of carbonyl (C=O) groups is 1. The summed E-state index contributed by atoms with van der Waals surface area (Å²) in [4.78, 5) is 19.7. The van der Waals surface area contributed by atoms with E-state index in [2.05, 4.69) is 24.1 Å². The number of carbonyl (C=O) groups excluding carboxylic acids is 1. The number of aryl methyl sites for hydroxylation is 1. The number of sulfone groups is 1. The van der Waals surface area contributed by atoms with Gasteiger partial charge in [-0.2, -0.15) is 0 Å². The van der Waals surface area contributed by atoms with Crippen molar-refractivity contribution in [2.75, 3.05) is 24.6 Å². The van der Waals surface area contributed by atoms with Gasteiger partial charge in [-0.3, -0.25) is 4.79 Å². The average molecular weight is 343 g/mol. The molecular formula is C14H21N3O3S2. The van der Waals surface area contributed by atoms with Crippen LogP contribution in [0, 0.1) is 6.92 Å². The maximum absolute atomic E-state index is 12.9. The summed E-state index contributed by atoms with van der Waals surface area (Å²) in [6, 6.07) is -0.393. The molecule has 3 rings (SSSR count). The van der Waals surface area contributed by atoms with Gasteiger partial charge in [-0.1, -0.05) is 13.8 Å². The summed E-state index contributed by atoms with van der Waals surface area (Å²) >= 11 is 1.43. The zero-order valence-electron chi connectivity index (χ0n) is 13.0. The van der Waals surface area contributed by atoms with Crippen LogP contribution in [-0.2, 0) is 9.84 Å². The Balaban J connectivity index is 1.88. The van der Waals surface area contributed by atoms with Crippen molar-refractivity contribution in [1.29, 1.82) is 0 Å². The Morgan fingerprint density at radius 3 is 2.77 bits per heavy atom. The maximum atomic E-state index is 12.9. The van der Waals surface area contributed by atoms with E-state index in [0.717, 1.165) is 10.7 Å². The second kappa shape index (κ2) is 5.58. The smallest absolute Gasteiger partial charge is 0.266 e. The maximum Gasteiger partial charge on any atom is 0.266 e. The molecule has 8 heteroatoms. The van der Waals surface area contributed by atoms with Crippen LogP contribution in [0.2, 0.25) is 0 Å². The predicted molar refractivity (Wildman–Crippen MR) is 86.2 cm³/mol. The number of aromatic nitrogens is 1. The number of thiazole rings is 1. The van der Waals surface area contributed by atoms with Gasteiger partial charge in [0, 0.05) is 25.0 Å². The van der Waals surface area contributed by atoms with Gasteiger partial charge in [-0.15, -0.1) is 11.3 Å². The van der Waals surface area contributed by atoms with E-state index in [4.69, 9.17) is 0 Å². The minimum absolute atomic E-state index is 0.0608. The molecule has 6 nitrogen and oxygen atoms in total. The third-order valence-electron chi connectivity index (χ3n) is 4.24. The standard InChI is InChI=1S/C14H21N3O3S2/c1-8(2)13-16-9(3)12(21-13)14(18)17-5-4-15-10-6-22(19,20)7-11(10)17/h8,10-11,15H,4-7H2,1-3H3/t10-,11+/m0/s1. The van der Waals surface area contributed by atoms with Crippen LogP contribution < -0.4 is 5.32 Å². The number of hydrogen-bond donors (Lipinski definition) is 1. The molecule has 1 N–H and O–H groups in total. The van der Waals surface area contributed by atoms with Gasteiger partial charge in [-0.25, -0.2) is 13.4 Å². The molecule has 2 saturated heterocycles. The molecule has 0 aliphatic carbocycles. The molecule has 2 aliphatic heterocycles. The minimum atomic E-state index is -3.06. The third-order valence-corrected chi connectivity index (χ3v) is 7.41. The monoisotopic (exact) mass is 343 g/mol. The Hall–Kier alpha value is -0.990. The fourth-order valence-corrected chi connectivity index (χ4v) is 6.09. The summed E-state index contributed by atoms with van der Waals surface area (Å²) in [5.41, 5.74) is 0.745. The molecule has 3 heterocycles. The number of hydrogen-bond acceptors (Lipinski definition) is 6. The quantitative estimate of drug-likeness (QED) is 0.859. The summed E-state index contributed by atoms with van der Waals surface area (Å²) in [6.07, 6.45) is 0. The first-order chi connectivity index (χ1) is 10.3. The van der Waals surface area contributed by atoms with Gasteiger partial charge in [-0.05, 0) is 6.92 Å². The van der Waals surface area contributed by atoms with E-state index >= 15 is 0 Å². The van der Waals surface area contributed by atoms with Crippen molar-refractivity contribution < 1.29 is 13.2 Å². The van der Waals surface area contributed by atoms with Gasteiger partial charge in [0.15, 0.2) is 9.84 Å². The molecule has 0 spiro atoms. The fraction of sp³-hybridized carbons (Fsp3) is 0.714. The first-order valence-corrected chi connectivity index (χ1v) is 10.1. The molecule has 1 aromatic rings. The van der Waals surface area contributed by atoms with E-state index in [1.807, 2.05) is 6.92 Å². The largest absolute Gasteiger partial charge is 0.331 e. The Morgan fingerprint density at radius 2 is 2.14 bits per heavy atom. The normalized spacial score (nSPS) is 27.2. The van der Waals surface area contributed by atoms with Gasteiger partial charge in [0.25, 0.3) is 5.91 Å². The molecule has 2 atom stereocenters. The Bertz CT molecular complexity index is 696. The fourth-order valence-electron chi connectivity index (χ4n) is 3.11. The molecule has 0 unspecified atom stereocenters. The van der Waals surface area contributed by atoms with E-state index in [0.29, 0.717) is 18.0 Å². The average Bonchev–Trinajstić information content (AvgIpc) is 2.95.